The number of nitrogens with one attached hydrogen (secondary N) is 1. The van der Waals surface area contributed by atoms with Crippen LogP contribution in [0.4, 0.5) is 0 Å². The lowest BCUT2D eigenvalue weighted by Gasteiger charge is -2.22. The van der Waals surface area contributed by atoms with Crippen molar-refractivity contribution in [1.29, 1.82) is 0 Å². The van der Waals surface area contributed by atoms with E-state index in [4.69, 9.17) is 0 Å². The molecule has 1 heterocycles. The molecule has 4 heteroatoms. The van der Waals surface area contributed by atoms with Gasteiger partial charge < -0.3 is 0 Å². The molecule has 0 spiro atoms. The summed E-state index contributed by atoms with van der Waals surface area (Å²) in [5.74, 6) is 0. The molecule has 3 rings (SSSR count). The van der Waals surface area contributed by atoms with Gasteiger partial charge in [-0.25, -0.2) is 4.98 Å². The fourth-order valence-corrected chi connectivity index (χ4v) is 3.20. The lowest BCUT2D eigenvalue weighted by molar-refractivity contribution is 0.699. The van der Waals surface area contributed by atoms with E-state index < -0.39 is 0 Å². The zero-order valence-corrected chi connectivity index (χ0v) is 9.70. The molecule has 1 aliphatic rings. The maximum atomic E-state index is 4.16. The van der Waals surface area contributed by atoms with Crippen molar-refractivity contribution in [2.24, 2.45) is 0 Å². The summed E-state index contributed by atoms with van der Waals surface area (Å²) in [7, 11) is 0. The number of fused-ring (bicyclic) bond motifs is 1. The van der Waals surface area contributed by atoms with Gasteiger partial charge in [0.1, 0.15) is 6.33 Å². The molecule has 2 aromatic rings. The zero-order chi connectivity index (χ0) is 10.8. The van der Waals surface area contributed by atoms with Crippen LogP contribution in [0.25, 0.3) is 0 Å². The first-order valence-electron chi connectivity index (χ1n) is 5.50. The number of rotatable bonds is 2. The smallest absolute Gasteiger partial charge is 0.183 e. The molecule has 0 amide bonds. The molecule has 0 saturated heterocycles. The summed E-state index contributed by atoms with van der Waals surface area (Å²) in [6.45, 7) is 0. The summed E-state index contributed by atoms with van der Waals surface area (Å²) in [5, 5.41) is 8.35. The number of thioether (sulfide) groups is 1. The number of hydrogen-bond donors (Lipinski definition) is 1. The van der Waals surface area contributed by atoms with E-state index in [0.717, 1.165) is 11.6 Å². The van der Waals surface area contributed by atoms with Gasteiger partial charge in [0.2, 0.25) is 0 Å². The predicted octanol–water partition coefficient (Wildman–Crippen LogP) is 2.45. The molecule has 0 bridgehead atoms. The van der Waals surface area contributed by atoms with Gasteiger partial charge in [-0.3, -0.25) is 5.10 Å². The van der Waals surface area contributed by atoms with E-state index in [0.29, 0.717) is 5.25 Å². The average molecular weight is 231 g/mol. The van der Waals surface area contributed by atoms with E-state index >= 15 is 0 Å². The van der Waals surface area contributed by atoms with Gasteiger partial charge in [0.25, 0.3) is 0 Å². The van der Waals surface area contributed by atoms with Crippen molar-refractivity contribution in [3.8, 4) is 0 Å². The fourth-order valence-electron chi connectivity index (χ4n) is 2.17. The van der Waals surface area contributed by atoms with E-state index in [1.807, 2.05) is 0 Å². The van der Waals surface area contributed by atoms with E-state index in [2.05, 4.69) is 39.4 Å². The van der Waals surface area contributed by atoms with Gasteiger partial charge in [0, 0.05) is 5.25 Å². The molecule has 0 saturated carbocycles. The molecule has 1 aromatic heterocycles. The Morgan fingerprint density at radius 1 is 1.25 bits per heavy atom. The van der Waals surface area contributed by atoms with Crippen molar-refractivity contribution in [3.63, 3.8) is 0 Å². The van der Waals surface area contributed by atoms with Crippen LogP contribution in [-0.2, 0) is 12.8 Å². The average Bonchev–Trinajstić information content (AvgIpc) is 2.82. The quantitative estimate of drug-likeness (QED) is 0.863. The van der Waals surface area contributed by atoms with Crippen molar-refractivity contribution < 1.29 is 0 Å². The minimum absolute atomic E-state index is 0.628. The minimum atomic E-state index is 0.628. The fraction of sp³-hybridized carbons (Fsp3) is 0.333. The molecular weight excluding hydrogens is 218 g/mol. The number of H-pyrrole nitrogens is 1. The standard InChI is InChI=1S/C12H13N3S/c1-2-4-10-7-11(6-5-9(10)3-1)16-12-13-8-14-15-12/h1-4,8,11H,5-7H2,(H,13,14,15). The second-order valence-corrected chi connectivity index (χ2v) is 5.33. The Balaban J connectivity index is 1.73. The molecule has 82 valence electrons. The Bertz CT molecular complexity index is 467. The van der Waals surface area contributed by atoms with E-state index in [1.165, 1.54) is 24.0 Å². The van der Waals surface area contributed by atoms with Crippen molar-refractivity contribution >= 4 is 11.8 Å². The third kappa shape index (κ3) is 1.97. The van der Waals surface area contributed by atoms with Crippen LogP contribution < -0.4 is 0 Å². The number of aryl methyl sites for hydroxylation is 1. The highest BCUT2D eigenvalue weighted by Crippen LogP contribution is 2.31. The van der Waals surface area contributed by atoms with Gasteiger partial charge in [-0.15, -0.1) is 0 Å². The highest BCUT2D eigenvalue weighted by Gasteiger charge is 2.19. The lowest BCUT2D eigenvalue weighted by Crippen LogP contribution is -2.16. The summed E-state index contributed by atoms with van der Waals surface area (Å²) in [4.78, 5) is 4.16. The number of aromatic nitrogens is 3. The first kappa shape index (κ1) is 9.90. The number of hydrogen-bond acceptors (Lipinski definition) is 3. The van der Waals surface area contributed by atoms with Crippen LogP contribution in [0.1, 0.15) is 17.5 Å². The SMILES string of the molecule is c1ccc2c(c1)CCC(Sc1ncn[nH]1)C2. The molecule has 1 N–H and O–H groups in total. The van der Waals surface area contributed by atoms with Gasteiger partial charge in [-0.05, 0) is 30.4 Å². The molecule has 1 unspecified atom stereocenters. The zero-order valence-electron chi connectivity index (χ0n) is 8.89. The van der Waals surface area contributed by atoms with E-state index in [9.17, 15) is 0 Å². The largest absolute Gasteiger partial charge is 0.254 e. The summed E-state index contributed by atoms with van der Waals surface area (Å²) >= 11 is 1.81. The van der Waals surface area contributed by atoms with Gasteiger partial charge in [0.05, 0.1) is 0 Å². The van der Waals surface area contributed by atoms with Crippen LogP contribution in [0.5, 0.6) is 0 Å². The summed E-state index contributed by atoms with van der Waals surface area (Å²) < 4.78 is 0. The van der Waals surface area contributed by atoms with Crippen LogP contribution in [0.15, 0.2) is 35.7 Å². The number of aromatic amines is 1. The van der Waals surface area contributed by atoms with Crippen molar-refractivity contribution in [3.05, 3.63) is 41.7 Å². The number of benzene rings is 1. The van der Waals surface area contributed by atoms with E-state index in [1.54, 1.807) is 18.1 Å². The summed E-state index contributed by atoms with van der Waals surface area (Å²) in [6.07, 6.45) is 5.12. The van der Waals surface area contributed by atoms with Crippen molar-refractivity contribution in [2.45, 2.75) is 29.7 Å². The molecule has 0 radical (unpaired) electrons. The van der Waals surface area contributed by atoms with Crippen LogP contribution >= 0.6 is 11.8 Å². The Morgan fingerprint density at radius 3 is 2.94 bits per heavy atom. The normalized spacial score (nSPS) is 19.4. The van der Waals surface area contributed by atoms with Gasteiger partial charge >= 0.3 is 0 Å². The van der Waals surface area contributed by atoms with Gasteiger partial charge in [-0.1, -0.05) is 36.0 Å². The van der Waals surface area contributed by atoms with Crippen LogP contribution in [0.2, 0.25) is 0 Å². The monoisotopic (exact) mass is 231 g/mol. The summed E-state index contributed by atoms with van der Waals surface area (Å²) in [5.41, 5.74) is 3.00. The van der Waals surface area contributed by atoms with Crippen LogP contribution in [0, 0.1) is 0 Å². The highest BCUT2D eigenvalue weighted by atomic mass is 32.2. The third-order valence-electron chi connectivity index (χ3n) is 2.97. The number of nitrogens with zero attached hydrogens (tertiary/aromatic N) is 2. The second kappa shape index (κ2) is 4.29. The summed E-state index contributed by atoms with van der Waals surface area (Å²) in [6, 6.07) is 8.73. The lowest BCUT2D eigenvalue weighted by atomic mass is 9.92. The predicted molar refractivity (Wildman–Crippen MR) is 64.5 cm³/mol. The van der Waals surface area contributed by atoms with Crippen molar-refractivity contribution in [1.82, 2.24) is 15.2 Å². The van der Waals surface area contributed by atoms with Crippen LogP contribution in [0.3, 0.4) is 0 Å². The molecular formula is C12H13N3S. The second-order valence-electron chi connectivity index (χ2n) is 4.04. The van der Waals surface area contributed by atoms with Crippen molar-refractivity contribution in [2.75, 3.05) is 0 Å². The van der Waals surface area contributed by atoms with Gasteiger partial charge in [-0.2, -0.15) is 5.10 Å². The molecule has 16 heavy (non-hydrogen) atoms. The van der Waals surface area contributed by atoms with E-state index in [-0.39, 0.29) is 0 Å². The Morgan fingerprint density at radius 2 is 2.12 bits per heavy atom. The maximum Gasteiger partial charge on any atom is 0.183 e. The molecule has 3 nitrogen and oxygen atoms in total. The molecule has 1 aliphatic carbocycles. The first-order chi connectivity index (χ1) is 7.92. The molecule has 0 aliphatic heterocycles. The minimum Gasteiger partial charge on any atom is -0.254 e. The molecule has 0 fully saturated rings. The van der Waals surface area contributed by atoms with Crippen LogP contribution in [-0.4, -0.2) is 20.4 Å². The molecule has 1 atom stereocenters. The Hall–Kier alpha value is -1.29. The van der Waals surface area contributed by atoms with Gasteiger partial charge in [0.15, 0.2) is 5.16 Å². The Kier molecular flexibility index (Phi) is 2.66. The molecule has 1 aromatic carbocycles. The topological polar surface area (TPSA) is 41.6 Å². The first-order valence-corrected chi connectivity index (χ1v) is 6.38. The highest BCUT2D eigenvalue weighted by molar-refractivity contribution is 7.99. The third-order valence-corrected chi connectivity index (χ3v) is 4.13. The maximum absolute atomic E-state index is 4.16. The Labute approximate surface area is 98.7 Å².